The van der Waals surface area contributed by atoms with Gasteiger partial charge in [0.2, 0.25) is 0 Å². The predicted octanol–water partition coefficient (Wildman–Crippen LogP) is 3.62. The predicted molar refractivity (Wildman–Crippen MR) is 81.0 cm³/mol. The van der Waals surface area contributed by atoms with E-state index in [9.17, 15) is 4.79 Å². The van der Waals surface area contributed by atoms with Crippen molar-refractivity contribution in [3.8, 4) is 5.75 Å². The van der Waals surface area contributed by atoms with Crippen molar-refractivity contribution in [1.29, 1.82) is 0 Å². The van der Waals surface area contributed by atoms with Gasteiger partial charge >= 0.3 is 0 Å². The topological polar surface area (TPSA) is 38.3 Å². The minimum absolute atomic E-state index is 0.0916. The Morgan fingerprint density at radius 2 is 2.10 bits per heavy atom. The van der Waals surface area contributed by atoms with Crippen molar-refractivity contribution < 1.29 is 9.53 Å². The van der Waals surface area contributed by atoms with E-state index in [4.69, 9.17) is 4.74 Å². The monoisotopic (exact) mass is 331 g/mol. The number of hydrogen-bond acceptors (Lipinski definition) is 2. The summed E-state index contributed by atoms with van der Waals surface area (Å²) in [5.74, 6) is 0.756. The number of rotatable bonds is 2. The molecule has 1 heterocycles. The van der Waals surface area contributed by atoms with Crippen LogP contribution in [0.4, 0.5) is 0 Å². The Balaban J connectivity index is 1.82. The zero-order chi connectivity index (χ0) is 14.1. The van der Waals surface area contributed by atoms with Gasteiger partial charge in [0.1, 0.15) is 12.4 Å². The average molecular weight is 332 g/mol. The highest BCUT2D eigenvalue weighted by Gasteiger charge is 2.25. The van der Waals surface area contributed by atoms with Crippen molar-refractivity contribution in [1.82, 2.24) is 5.32 Å². The lowest BCUT2D eigenvalue weighted by Gasteiger charge is -2.13. The standard InChI is InChI=1S/C16H14BrNO2/c1-10-6-7-13(17)12(8-10)16(19)18-14-9-20-15-5-3-2-4-11(14)15/h2-8,14H,9H2,1H3,(H,18,19). The number of fused-ring (bicyclic) bond motifs is 1. The van der Waals surface area contributed by atoms with Gasteiger partial charge in [-0.3, -0.25) is 4.79 Å². The molecule has 4 heteroatoms. The van der Waals surface area contributed by atoms with E-state index in [-0.39, 0.29) is 11.9 Å². The second-order valence-electron chi connectivity index (χ2n) is 4.86. The number of carbonyl (C=O) groups is 1. The third-order valence-corrected chi connectivity index (χ3v) is 4.06. The first-order chi connectivity index (χ1) is 9.65. The molecule has 1 aliphatic rings. The van der Waals surface area contributed by atoms with Gasteiger partial charge in [0, 0.05) is 10.0 Å². The van der Waals surface area contributed by atoms with E-state index in [0.717, 1.165) is 21.3 Å². The van der Waals surface area contributed by atoms with Crippen molar-refractivity contribution in [2.45, 2.75) is 13.0 Å². The molecule has 2 aromatic carbocycles. The van der Waals surface area contributed by atoms with Crippen LogP contribution in [0.5, 0.6) is 5.75 Å². The number of benzene rings is 2. The van der Waals surface area contributed by atoms with Gasteiger partial charge in [-0.2, -0.15) is 0 Å². The summed E-state index contributed by atoms with van der Waals surface area (Å²) in [6.07, 6.45) is 0. The molecular weight excluding hydrogens is 318 g/mol. The van der Waals surface area contributed by atoms with Crippen molar-refractivity contribution in [2.24, 2.45) is 0 Å². The summed E-state index contributed by atoms with van der Waals surface area (Å²) in [5.41, 5.74) is 2.74. The summed E-state index contributed by atoms with van der Waals surface area (Å²) < 4.78 is 6.37. The molecule has 1 atom stereocenters. The third-order valence-electron chi connectivity index (χ3n) is 3.37. The third kappa shape index (κ3) is 2.43. The molecule has 1 aliphatic heterocycles. The molecule has 20 heavy (non-hydrogen) atoms. The highest BCUT2D eigenvalue weighted by molar-refractivity contribution is 9.10. The van der Waals surface area contributed by atoms with E-state index >= 15 is 0 Å². The maximum absolute atomic E-state index is 12.4. The van der Waals surface area contributed by atoms with Crippen molar-refractivity contribution in [3.63, 3.8) is 0 Å². The Hall–Kier alpha value is -1.81. The van der Waals surface area contributed by atoms with Crippen LogP contribution >= 0.6 is 15.9 Å². The fourth-order valence-corrected chi connectivity index (χ4v) is 2.76. The first-order valence-corrected chi connectivity index (χ1v) is 7.23. The number of para-hydroxylation sites is 1. The molecule has 3 rings (SSSR count). The number of aryl methyl sites for hydroxylation is 1. The molecule has 1 unspecified atom stereocenters. The molecule has 0 fully saturated rings. The van der Waals surface area contributed by atoms with Crippen LogP contribution in [0, 0.1) is 6.92 Å². The highest BCUT2D eigenvalue weighted by atomic mass is 79.9. The lowest BCUT2D eigenvalue weighted by Crippen LogP contribution is -2.29. The molecule has 102 valence electrons. The molecule has 0 aliphatic carbocycles. The fraction of sp³-hybridized carbons (Fsp3) is 0.188. The minimum atomic E-state index is -0.0918. The Bertz CT molecular complexity index is 669. The van der Waals surface area contributed by atoms with Crippen LogP contribution in [0.3, 0.4) is 0 Å². The van der Waals surface area contributed by atoms with Crippen LogP contribution in [0.25, 0.3) is 0 Å². The van der Waals surface area contributed by atoms with Gasteiger partial charge < -0.3 is 10.1 Å². The maximum atomic E-state index is 12.4. The zero-order valence-corrected chi connectivity index (χ0v) is 12.6. The van der Waals surface area contributed by atoms with E-state index in [1.807, 2.05) is 49.4 Å². The van der Waals surface area contributed by atoms with Gasteiger partial charge in [0.15, 0.2) is 0 Å². The molecular formula is C16H14BrNO2. The number of halogens is 1. The van der Waals surface area contributed by atoms with E-state index in [2.05, 4.69) is 21.2 Å². The van der Waals surface area contributed by atoms with Crippen LogP contribution in [0.2, 0.25) is 0 Å². The van der Waals surface area contributed by atoms with Gasteiger partial charge in [-0.25, -0.2) is 0 Å². The molecule has 1 amide bonds. The Kier molecular flexibility index (Phi) is 3.49. The van der Waals surface area contributed by atoms with Gasteiger partial charge in [0.05, 0.1) is 11.6 Å². The Labute approximate surface area is 126 Å². The van der Waals surface area contributed by atoms with Crippen LogP contribution < -0.4 is 10.1 Å². The van der Waals surface area contributed by atoms with Crippen LogP contribution in [-0.2, 0) is 0 Å². The summed E-state index contributed by atoms with van der Waals surface area (Å²) >= 11 is 3.42. The lowest BCUT2D eigenvalue weighted by molar-refractivity contribution is 0.0929. The van der Waals surface area contributed by atoms with Gasteiger partial charge in [-0.05, 0) is 41.1 Å². The number of amides is 1. The van der Waals surface area contributed by atoms with Gasteiger partial charge in [-0.1, -0.05) is 29.8 Å². The maximum Gasteiger partial charge on any atom is 0.253 e. The number of ether oxygens (including phenoxy) is 1. The quantitative estimate of drug-likeness (QED) is 0.912. The summed E-state index contributed by atoms with van der Waals surface area (Å²) in [7, 11) is 0. The van der Waals surface area contributed by atoms with Crippen molar-refractivity contribution >= 4 is 21.8 Å². The summed E-state index contributed by atoms with van der Waals surface area (Å²) in [6.45, 7) is 2.45. The molecule has 0 saturated heterocycles. The number of carbonyl (C=O) groups excluding carboxylic acids is 1. The summed E-state index contributed by atoms with van der Waals surface area (Å²) in [4.78, 5) is 12.4. The molecule has 0 bridgehead atoms. The summed E-state index contributed by atoms with van der Waals surface area (Å²) in [5, 5.41) is 3.03. The van der Waals surface area contributed by atoms with E-state index in [1.165, 1.54) is 0 Å². The highest BCUT2D eigenvalue weighted by Crippen LogP contribution is 2.32. The lowest BCUT2D eigenvalue weighted by atomic mass is 10.1. The second kappa shape index (κ2) is 5.29. The van der Waals surface area contributed by atoms with E-state index in [0.29, 0.717) is 12.2 Å². The van der Waals surface area contributed by atoms with E-state index in [1.54, 1.807) is 0 Å². The molecule has 2 aromatic rings. The molecule has 1 N–H and O–H groups in total. The fourth-order valence-electron chi connectivity index (χ4n) is 2.33. The number of hydrogen-bond donors (Lipinski definition) is 1. The SMILES string of the molecule is Cc1ccc(Br)c(C(=O)NC2COc3ccccc32)c1. The van der Waals surface area contributed by atoms with Crippen LogP contribution in [0.1, 0.15) is 27.5 Å². The van der Waals surface area contributed by atoms with E-state index < -0.39 is 0 Å². The molecule has 3 nitrogen and oxygen atoms in total. The first kappa shape index (κ1) is 13.2. The normalized spacial score (nSPS) is 16.4. The molecule has 0 saturated carbocycles. The first-order valence-electron chi connectivity index (χ1n) is 6.44. The van der Waals surface area contributed by atoms with Crippen LogP contribution in [0.15, 0.2) is 46.9 Å². The van der Waals surface area contributed by atoms with Crippen molar-refractivity contribution in [2.75, 3.05) is 6.61 Å². The molecule has 0 spiro atoms. The minimum Gasteiger partial charge on any atom is -0.491 e. The van der Waals surface area contributed by atoms with Gasteiger partial charge in [-0.15, -0.1) is 0 Å². The van der Waals surface area contributed by atoms with Crippen LogP contribution in [-0.4, -0.2) is 12.5 Å². The molecule has 0 aromatic heterocycles. The average Bonchev–Trinajstić information content (AvgIpc) is 2.85. The van der Waals surface area contributed by atoms with Gasteiger partial charge in [0.25, 0.3) is 5.91 Å². The summed E-state index contributed by atoms with van der Waals surface area (Å²) in [6, 6.07) is 13.4. The Morgan fingerprint density at radius 1 is 1.30 bits per heavy atom. The smallest absolute Gasteiger partial charge is 0.253 e. The number of nitrogens with one attached hydrogen (secondary N) is 1. The largest absolute Gasteiger partial charge is 0.491 e. The second-order valence-corrected chi connectivity index (χ2v) is 5.71. The molecule has 0 radical (unpaired) electrons. The zero-order valence-electron chi connectivity index (χ0n) is 11.0. The van der Waals surface area contributed by atoms with Crippen molar-refractivity contribution in [3.05, 3.63) is 63.6 Å². The Morgan fingerprint density at radius 3 is 2.95 bits per heavy atom.